The molecule has 0 aromatic heterocycles. The molecule has 3 heteroatoms. The van der Waals surface area contributed by atoms with Crippen LogP contribution in [0.1, 0.15) is 6.42 Å². The largest absolute Gasteiger partial charge is 0.295 e. The Morgan fingerprint density at radius 2 is 1.30 bits per heavy atom. The standard InChI is InChI=1S/C24H27NP2/c1-26(2)19-11-18-25-22-16-9-10-17-23(22)27(24(25)26,20-12-5-3-6-13-20)21-14-7-4-8-15-21/h3-10,12-17,24H,11,18-19H2,1-2H3/q+2/p+1/t24-/m1/s1. The summed E-state index contributed by atoms with van der Waals surface area (Å²) in [5, 5.41) is 4.77. The molecule has 2 heterocycles. The van der Waals surface area contributed by atoms with Gasteiger partial charge in [0.05, 0.1) is 26.0 Å². The molecular formula is C24H28NP2+3. The van der Waals surface area contributed by atoms with E-state index in [2.05, 4.69) is 98.3 Å². The van der Waals surface area contributed by atoms with E-state index in [1.54, 1.807) is 26.5 Å². The first-order valence-electron chi connectivity index (χ1n) is 9.94. The molecule has 2 aliphatic heterocycles. The predicted molar refractivity (Wildman–Crippen MR) is 123 cm³/mol. The van der Waals surface area contributed by atoms with Crippen molar-refractivity contribution in [3.05, 3.63) is 84.9 Å². The Morgan fingerprint density at radius 3 is 1.93 bits per heavy atom. The van der Waals surface area contributed by atoms with Gasteiger partial charge in [0.15, 0.2) is 11.0 Å². The number of hydrogen-bond acceptors (Lipinski definition) is 0. The number of rotatable bonds is 2. The summed E-state index contributed by atoms with van der Waals surface area (Å²) in [6.45, 7) is 6.54. The molecule has 1 fully saturated rings. The normalized spacial score (nSPS) is 24.8. The van der Waals surface area contributed by atoms with E-state index in [9.17, 15) is 0 Å². The fourth-order valence-corrected chi connectivity index (χ4v) is 17.8. The molecule has 2 aliphatic rings. The molecule has 1 nitrogen and oxygen atoms in total. The summed E-state index contributed by atoms with van der Waals surface area (Å²) >= 11 is 0. The van der Waals surface area contributed by atoms with E-state index >= 15 is 0 Å². The molecule has 3 aromatic carbocycles. The van der Waals surface area contributed by atoms with Crippen LogP contribution in [-0.4, -0.2) is 31.6 Å². The van der Waals surface area contributed by atoms with Crippen molar-refractivity contribution in [3.63, 3.8) is 0 Å². The van der Waals surface area contributed by atoms with Crippen LogP contribution >= 0.6 is 14.5 Å². The van der Waals surface area contributed by atoms with E-state index in [1.165, 1.54) is 19.1 Å². The molecule has 5 rings (SSSR count). The zero-order chi connectivity index (χ0) is 18.5. The van der Waals surface area contributed by atoms with Crippen molar-refractivity contribution in [2.45, 2.75) is 11.9 Å². The molecular weight excluding hydrogens is 364 g/mol. The molecule has 0 spiro atoms. The van der Waals surface area contributed by atoms with Gasteiger partial charge in [-0.25, -0.2) is 4.90 Å². The van der Waals surface area contributed by atoms with Crippen LogP contribution in [0, 0.1) is 0 Å². The smallest absolute Gasteiger partial charge is 0.234 e. The molecule has 2 atom stereocenters. The third-order valence-electron chi connectivity index (χ3n) is 6.48. The van der Waals surface area contributed by atoms with Crippen molar-refractivity contribution in [2.24, 2.45) is 0 Å². The highest BCUT2D eigenvalue weighted by Crippen LogP contribution is 2.76. The van der Waals surface area contributed by atoms with Gasteiger partial charge in [-0.2, -0.15) is 0 Å². The molecule has 1 N–H and O–H groups in total. The summed E-state index contributed by atoms with van der Waals surface area (Å²) in [6.07, 6.45) is 2.79. The highest BCUT2D eigenvalue weighted by molar-refractivity contribution is 8.04. The summed E-state index contributed by atoms with van der Waals surface area (Å²) < 4.78 is 0. The Labute approximate surface area is 164 Å². The van der Waals surface area contributed by atoms with Crippen LogP contribution < -0.4 is 20.8 Å². The number of benzene rings is 3. The van der Waals surface area contributed by atoms with Crippen molar-refractivity contribution in [1.82, 2.24) is 0 Å². The van der Waals surface area contributed by atoms with Gasteiger partial charge in [-0.1, -0.05) is 48.5 Å². The lowest BCUT2D eigenvalue weighted by Gasteiger charge is -2.37. The van der Waals surface area contributed by atoms with Crippen molar-refractivity contribution < 1.29 is 4.90 Å². The second-order valence-corrected chi connectivity index (χ2v) is 16.8. The van der Waals surface area contributed by atoms with Crippen molar-refractivity contribution in [1.29, 1.82) is 0 Å². The van der Waals surface area contributed by atoms with Crippen molar-refractivity contribution >= 4 is 36.1 Å². The molecule has 0 saturated carbocycles. The summed E-state index contributed by atoms with van der Waals surface area (Å²) in [7, 11) is -2.75. The van der Waals surface area contributed by atoms with Crippen LogP contribution in [0.5, 0.6) is 0 Å². The van der Waals surface area contributed by atoms with Gasteiger partial charge in [0.1, 0.15) is 17.9 Å². The van der Waals surface area contributed by atoms with Crippen LogP contribution in [0.3, 0.4) is 0 Å². The van der Waals surface area contributed by atoms with Gasteiger partial charge in [-0.3, -0.25) is 0 Å². The molecule has 136 valence electrons. The quantitative estimate of drug-likeness (QED) is 0.637. The third kappa shape index (κ3) is 2.49. The maximum absolute atomic E-state index is 2.63. The van der Waals surface area contributed by atoms with E-state index in [4.69, 9.17) is 0 Å². The highest BCUT2D eigenvalue weighted by atomic mass is 31.2. The molecule has 1 saturated heterocycles. The molecule has 0 radical (unpaired) electrons. The molecule has 3 aromatic rings. The Morgan fingerprint density at radius 1 is 0.741 bits per heavy atom. The maximum Gasteiger partial charge on any atom is 0.295 e. The summed E-state index contributed by atoms with van der Waals surface area (Å²) in [6, 6.07) is 32.3. The first kappa shape index (κ1) is 17.6. The Hall–Kier alpha value is -1.52. The van der Waals surface area contributed by atoms with Gasteiger partial charge >= 0.3 is 0 Å². The van der Waals surface area contributed by atoms with E-state index < -0.39 is 14.5 Å². The Kier molecular flexibility index (Phi) is 4.25. The lowest BCUT2D eigenvalue weighted by molar-refractivity contribution is -0.829. The summed E-state index contributed by atoms with van der Waals surface area (Å²) in [5.74, 6) is 0. The molecule has 27 heavy (non-hydrogen) atoms. The molecule has 0 amide bonds. The average Bonchev–Trinajstić information content (AvgIpc) is 3.02. The SMILES string of the molecule is C[P+]1(C)CCC[NH+]2c3ccccc3[P+](c3ccccc3)(c3ccccc3)[C@H]21. The van der Waals surface area contributed by atoms with E-state index in [0.717, 1.165) is 5.52 Å². The number of nitrogens with one attached hydrogen (secondary N) is 1. The lowest BCUT2D eigenvalue weighted by Crippen LogP contribution is -3.11. The van der Waals surface area contributed by atoms with Crippen LogP contribution in [-0.2, 0) is 0 Å². The van der Waals surface area contributed by atoms with Gasteiger partial charge in [-0.15, -0.1) is 0 Å². The highest BCUT2D eigenvalue weighted by Gasteiger charge is 2.74. The van der Waals surface area contributed by atoms with Crippen LogP contribution in [0.4, 0.5) is 5.69 Å². The second kappa shape index (κ2) is 6.52. The average molecular weight is 392 g/mol. The van der Waals surface area contributed by atoms with Crippen LogP contribution in [0.25, 0.3) is 0 Å². The second-order valence-electron chi connectivity index (χ2n) is 8.42. The monoisotopic (exact) mass is 392 g/mol. The number of fused-ring (bicyclic) bond motifs is 3. The fraction of sp³-hybridized carbons (Fsp3) is 0.250. The summed E-state index contributed by atoms with van der Waals surface area (Å²) in [5.41, 5.74) is 2.30. The van der Waals surface area contributed by atoms with Gasteiger partial charge in [-0.05, 0) is 30.3 Å². The first-order chi connectivity index (χ1) is 13.2. The van der Waals surface area contributed by atoms with Gasteiger partial charge in [0.2, 0.25) is 7.26 Å². The topological polar surface area (TPSA) is 4.44 Å². The zero-order valence-electron chi connectivity index (χ0n) is 16.2. The molecule has 1 unspecified atom stereocenters. The minimum absolute atomic E-state index is 0.723. The van der Waals surface area contributed by atoms with Crippen LogP contribution in [0.2, 0.25) is 0 Å². The Balaban J connectivity index is 1.91. The van der Waals surface area contributed by atoms with Crippen LogP contribution in [0.15, 0.2) is 84.9 Å². The lowest BCUT2D eigenvalue weighted by atomic mass is 10.3. The predicted octanol–water partition coefficient (Wildman–Crippen LogP) is 3.48. The fourth-order valence-electron chi connectivity index (χ4n) is 5.55. The van der Waals surface area contributed by atoms with E-state index in [1.807, 2.05) is 0 Å². The Bertz CT molecular complexity index is 913. The number of quaternary nitrogens is 1. The first-order valence-corrected chi connectivity index (χ1v) is 14.7. The number of para-hydroxylation sites is 1. The molecule has 0 aliphatic carbocycles. The zero-order valence-corrected chi connectivity index (χ0v) is 18.0. The van der Waals surface area contributed by atoms with E-state index in [0.29, 0.717) is 0 Å². The summed E-state index contributed by atoms with van der Waals surface area (Å²) in [4.78, 5) is 1.77. The minimum Gasteiger partial charge on any atom is -0.234 e. The maximum atomic E-state index is 2.63. The molecule has 0 bridgehead atoms. The van der Waals surface area contributed by atoms with Gasteiger partial charge in [0, 0.05) is 12.5 Å². The van der Waals surface area contributed by atoms with E-state index in [-0.39, 0.29) is 0 Å². The van der Waals surface area contributed by atoms with Crippen molar-refractivity contribution in [2.75, 3.05) is 26.0 Å². The minimum atomic E-state index is -1.68. The third-order valence-corrected chi connectivity index (χ3v) is 16.9. The number of hydrogen-bond donors (Lipinski definition) is 1. The van der Waals surface area contributed by atoms with Crippen molar-refractivity contribution in [3.8, 4) is 0 Å². The van der Waals surface area contributed by atoms with Gasteiger partial charge < -0.3 is 0 Å². The van der Waals surface area contributed by atoms with Gasteiger partial charge in [0.25, 0.3) is 5.52 Å².